The molecule has 2 atom stereocenters. The minimum atomic E-state index is -0.154. The van der Waals surface area contributed by atoms with Crippen LogP contribution in [0.25, 0.3) is 55.6 Å². The maximum Gasteiger partial charge on any atom is 0.197 e. The smallest absolute Gasteiger partial charge is 0.197 e. The third-order valence-corrected chi connectivity index (χ3v) is 17.0. The Morgan fingerprint density at radius 1 is 0.446 bits per heavy atom. The van der Waals surface area contributed by atoms with E-state index in [4.69, 9.17) is 0 Å². The second-order valence-corrected chi connectivity index (χ2v) is 21.1. The monoisotopic (exact) mass is 837 g/mol. The molecule has 0 aromatic heterocycles. The number of hydrogen-bond donors (Lipinski definition) is 1. The number of hydrogen-bond acceptors (Lipinski definition) is 2. The van der Waals surface area contributed by atoms with Crippen molar-refractivity contribution in [3.8, 4) is 55.6 Å². The van der Waals surface area contributed by atoms with Crippen molar-refractivity contribution in [2.75, 3.05) is 10.2 Å². The zero-order valence-corrected chi connectivity index (χ0v) is 38.4. The minimum absolute atomic E-state index is 0.00489. The van der Waals surface area contributed by atoms with Crippen molar-refractivity contribution in [2.45, 2.75) is 89.0 Å². The zero-order valence-electron chi connectivity index (χ0n) is 38.4. The molecule has 0 saturated heterocycles. The van der Waals surface area contributed by atoms with Crippen LogP contribution in [0, 0.1) is 0 Å². The normalized spacial score (nSPS) is 20.7. The van der Waals surface area contributed by atoms with E-state index in [0.717, 1.165) is 17.8 Å². The van der Waals surface area contributed by atoms with E-state index in [-0.39, 0.29) is 21.8 Å². The van der Waals surface area contributed by atoms with E-state index >= 15 is 0 Å². The second-order valence-electron chi connectivity index (χ2n) is 21.1. The lowest BCUT2D eigenvalue weighted by molar-refractivity contribution is 0.195. The van der Waals surface area contributed by atoms with Gasteiger partial charge in [-0.25, -0.2) is 0 Å². The standard InChI is InChI=1S/C62H54BN2/c1-59(2)49-25-15-13-23-43(49)45-28-27-42(35-51(45)59)64-55-37-52-46(44-24-14-16-26-50(44)60(52,3)4)36-47(55)48-31-40(38-19-9-7-10-20-38)34-56-57(48)63-54-33-41(39-21-11-8-12-22-39)32-53-58(54)65(56)62(6)30-18-17-29-61(53,62)5/h7-16,19-28,31-37,64H,17-18,29-30H2,1-6H3. The predicted molar refractivity (Wildman–Crippen MR) is 275 cm³/mol. The molecular formula is C62H54BN2. The fourth-order valence-electron chi connectivity index (χ4n) is 13.3. The minimum Gasteiger partial charge on any atom is -0.355 e. The first-order valence-corrected chi connectivity index (χ1v) is 23.9. The van der Waals surface area contributed by atoms with Crippen LogP contribution in [-0.4, -0.2) is 12.8 Å². The van der Waals surface area contributed by atoms with Gasteiger partial charge in [0.05, 0.1) is 5.54 Å². The molecule has 0 bridgehead atoms. The Bertz CT molecular complexity index is 3310. The first kappa shape index (κ1) is 38.8. The van der Waals surface area contributed by atoms with Crippen LogP contribution in [0.1, 0.15) is 95.0 Å². The zero-order chi connectivity index (χ0) is 44.0. The van der Waals surface area contributed by atoms with Crippen LogP contribution >= 0.6 is 0 Å². The van der Waals surface area contributed by atoms with Crippen LogP contribution in [0.2, 0.25) is 0 Å². The number of nitrogens with one attached hydrogen (secondary N) is 1. The molecule has 2 unspecified atom stereocenters. The Labute approximate surface area is 385 Å². The Balaban J connectivity index is 1.08. The van der Waals surface area contributed by atoms with E-state index in [9.17, 15) is 0 Å². The fraction of sp³-hybridized carbons (Fsp3) is 0.226. The summed E-state index contributed by atoms with van der Waals surface area (Å²) in [5, 5.41) is 4.14. The van der Waals surface area contributed by atoms with Crippen molar-refractivity contribution in [2.24, 2.45) is 0 Å². The Morgan fingerprint density at radius 2 is 1.03 bits per heavy atom. The topological polar surface area (TPSA) is 15.3 Å². The van der Waals surface area contributed by atoms with Gasteiger partial charge in [0.15, 0.2) is 7.28 Å². The van der Waals surface area contributed by atoms with E-state index < -0.39 is 0 Å². The quantitative estimate of drug-likeness (QED) is 0.174. The Kier molecular flexibility index (Phi) is 8.06. The third-order valence-electron chi connectivity index (χ3n) is 17.0. The van der Waals surface area contributed by atoms with Gasteiger partial charge >= 0.3 is 0 Å². The van der Waals surface area contributed by atoms with Crippen LogP contribution in [-0.2, 0) is 16.2 Å². The summed E-state index contributed by atoms with van der Waals surface area (Å²) in [7, 11) is 2.55. The van der Waals surface area contributed by atoms with Gasteiger partial charge in [-0.15, -0.1) is 0 Å². The van der Waals surface area contributed by atoms with Gasteiger partial charge < -0.3 is 10.2 Å². The number of benzene rings is 8. The molecule has 1 saturated carbocycles. The molecule has 2 nitrogen and oxygen atoms in total. The molecule has 5 aliphatic rings. The molecule has 8 aromatic carbocycles. The summed E-state index contributed by atoms with van der Waals surface area (Å²) in [6.07, 6.45) is 4.82. The SMILES string of the molecule is CC1(C)c2ccccc2-c2ccc(Nc3cc4c(cc3-c3cc(-c5ccccc5)cc5c3[B]c3cc(-c6ccccc6)cc6c3N5C3(C)CCCCC63C)-c3ccccc3C4(C)C)cc21. The second kappa shape index (κ2) is 13.5. The van der Waals surface area contributed by atoms with Gasteiger partial charge in [0, 0.05) is 44.6 Å². The van der Waals surface area contributed by atoms with Crippen molar-refractivity contribution in [3.63, 3.8) is 0 Å². The summed E-state index contributed by atoms with van der Waals surface area (Å²) in [5.74, 6) is 0. The van der Waals surface area contributed by atoms with Gasteiger partial charge in [-0.1, -0.05) is 180 Å². The molecule has 315 valence electrons. The summed E-state index contributed by atoms with van der Waals surface area (Å²) >= 11 is 0. The number of rotatable bonds is 5. The third kappa shape index (κ3) is 5.30. The Morgan fingerprint density at radius 3 is 1.72 bits per heavy atom. The van der Waals surface area contributed by atoms with E-state index in [0.29, 0.717) is 0 Å². The Hall–Kier alpha value is -6.58. The lowest BCUT2D eigenvalue weighted by atomic mass is 9.57. The molecular weight excluding hydrogens is 784 g/mol. The summed E-state index contributed by atoms with van der Waals surface area (Å²) in [5.41, 5.74) is 27.2. The largest absolute Gasteiger partial charge is 0.355 e. The van der Waals surface area contributed by atoms with E-state index in [1.807, 2.05) is 0 Å². The van der Waals surface area contributed by atoms with Gasteiger partial charge in [0.1, 0.15) is 0 Å². The highest BCUT2D eigenvalue weighted by molar-refractivity contribution is 6.73. The molecule has 3 heteroatoms. The van der Waals surface area contributed by atoms with Gasteiger partial charge in [-0.3, -0.25) is 0 Å². The van der Waals surface area contributed by atoms with Gasteiger partial charge in [0.2, 0.25) is 0 Å². The van der Waals surface area contributed by atoms with E-state index in [1.54, 1.807) is 0 Å². The fourth-order valence-corrected chi connectivity index (χ4v) is 13.3. The van der Waals surface area contributed by atoms with Crippen LogP contribution in [0.15, 0.2) is 164 Å². The lowest BCUT2D eigenvalue weighted by Gasteiger charge is -2.51. The highest BCUT2D eigenvalue weighted by atomic mass is 15.3. The molecule has 13 rings (SSSR count). The van der Waals surface area contributed by atoms with E-state index in [1.165, 1.54) is 125 Å². The highest BCUT2D eigenvalue weighted by Crippen LogP contribution is 2.62. The van der Waals surface area contributed by atoms with Crippen molar-refractivity contribution in [3.05, 3.63) is 192 Å². The molecule has 2 aliphatic heterocycles. The molecule has 1 fully saturated rings. The van der Waals surface area contributed by atoms with Crippen molar-refractivity contribution >= 4 is 41.0 Å². The molecule has 65 heavy (non-hydrogen) atoms. The van der Waals surface area contributed by atoms with Crippen LogP contribution in [0.3, 0.4) is 0 Å². The maximum absolute atomic E-state index is 4.14. The molecule has 1 N–H and O–H groups in total. The summed E-state index contributed by atoms with van der Waals surface area (Å²) in [4.78, 5) is 2.83. The first-order valence-electron chi connectivity index (χ1n) is 23.9. The average molecular weight is 838 g/mol. The van der Waals surface area contributed by atoms with Crippen LogP contribution < -0.4 is 21.1 Å². The molecule has 1 radical (unpaired) electrons. The summed E-state index contributed by atoms with van der Waals surface area (Å²) < 4.78 is 0. The molecule has 2 heterocycles. The van der Waals surface area contributed by atoms with Crippen LogP contribution in [0.4, 0.5) is 22.7 Å². The molecule has 8 aromatic rings. The average Bonchev–Trinajstić information content (AvgIpc) is 3.80. The number of anilines is 4. The summed E-state index contributed by atoms with van der Waals surface area (Å²) in [6.45, 7) is 14.7. The highest BCUT2D eigenvalue weighted by Gasteiger charge is 2.59. The van der Waals surface area contributed by atoms with Gasteiger partial charge in [-0.05, 0) is 140 Å². The predicted octanol–water partition coefficient (Wildman–Crippen LogP) is 14.8. The van der Waals surface area contributed by atoms with Crippen molar-refractivity contribution < 1.29 is 0 Å². The number of fused-ring (bicyclic) bond motifs is 11. The van der Waals surface area contributed by atoms with E-state index in [2.05, 4.69) is 223 Å². The molecule has 3 aliphatic carbocycles. The maximum atomic E-state index is 4.14. The van der Waals surface area contributed by atoms with Crippen molar-refractivity contribution in [1.29, 1.82) is 0 Å². The first-order chi connectivity index (χ1) is 31.5. The molecule has 0 amide bonds. The molecule has 0 spiro atoms. The van der Waals surface area contributed by atoms with Crippen LogP contribution in [0.5, 0.6) is 0 Å². The number of nitrogens with zero attached hydrogens (tertiary/aromatic N) is 1. The van der Waals surface area contributed by atoms with Crippen molar-refractivity contribution in [1.82, 2.24) is 0 Å². The van der Waals surface area contributed by atoms with Gasteiger partial charge in [-0.2, -0.15) is 0 Å². The van der Waals surface area contributed by atoms with Gasteiger partial charge in [0.25, 0.3) is 0 Å². The lowest BCUT2D eigenvalue weighted by Crippen LogP contribution is -2.57. The summed E-state index contributed by atoms with van der Waals surface area (Å²) in [6, 6.07) is 62.3.